The third kappa shape index (κ3) is 5.86. The summed E-state index contributed by atoms with van der Waals surface area (Å²) in [4.78, 5) is 14.2. The first-order valence-corrected chi connectivity index (χ1v) is 10.7. The number of rotatable bonds is 7. The number of piperazine rings is 1. The molecule has 1 aromatic heterocycles. The number of sulfonamides is 1. The number of hydrazone groups is 1. The lowest BCUT2D eigenvalue weighted by atomic mass is 10.2. The normalized spacial score (nSPS) is 16.6. The van der Waals surface area contributed by atoms with E-state index >= 15 is 0 Å². The molecule has 0 unspecified atom stereocenters. The number of nitrogens with one attached hydrogen (secondary N) is 1. The van der Waals surface area contributed by atoms with Crippen LogP contribution in [0.4, 0.5) is 0 Å². The Morgan fingerprint density at radius 2 is 1.90 bits per heavy atom. The number of carbonyl (C=O) groups is 1. The van der Waals surface area contributed by atoms with Crippen molar-refractivity contribution in [2.75, 3.05) is 32.7 Å². The largest absolute Gasteiger partial charge is 0.465 e. The third-order valence-corrected chi connectivity index (χ3v) is 6.42. The molecule has 8 nitrogen and oxygen atoms in total. The minimum Gasteiger partial charge on any atom is -0.465 e. The van der Waals surface area contributed by atoms with Crippen LogP contribution in [0.25, 0.3) is 6.08 Å². The molecule has 0 bridgehead atoms. The molecule has 1 amide bonds. The minimum atomic E-state index is -3.50. The Bertz CT molecular complexity index is 958. The Morgan fingerprint density at radius 3 is 2.55 bits per heavy atom. The van der Waals surface area contributed by atoms with Crippen LogP contribution in [0.3, 0.4) is 0 Å². The summed E-state index contributed by atoms with van der Waals surface area (Å²) in [5.41, 5.74) is 3.47. The Labute approximate surface area is 170 Å². The smallest absolute Gasteiger partial charge is 0.254 e. The molecule has 2 aromatic rings. The Kier molecular flexibility index (Phi) is 6.97. The molecule has 2 heterocycles. The molecule has 29 heavy (non-hydrogen) atoms. The van der Waals surface area contributed by atoms with E-state index in [1.807, 2.05) is 17.9 Å². The van der Waals surface area contributed by atoms with Crippen molar-refractivity contribution in [3.05, 3.63) is 60.1 Å². The average Bonchev–Trinajstić information content (AvgIpc) is 3.22. The van der Waals surface area contributed by atoms with E-state index in [1.165, 1.54) is 10.5 Å². The maximum Gasteiger partial charge on any atom is 0.254 e. The van der Waals surface area contributed by atoms with Crippen LogP contribution < -0.4 is 5.43 Å². The van der Waals surface area contributed by atoms with Crippen LogP contribution in [0.5, 0.6) is 0 Å². The lowest BCUT2D eigenvalue weighted by Crippen LogP contribution is -2.50. The van der Waals surface area contributed by atoms with Gasteiger partial charge in [-0.3, -0.25) is 9.69 Å². The van der Waals surface area contributed by atoms with Crippen LogP contribution in [-0.4, -0.2) is 62.5 Å². The van der Waals surface area contributed by atoms with Gasteiger partial charge in [-0.2, -0.15) is 9.41 Å². The van der Waals surface area contributed by atoms with E-state index in [0.717, 1.165) is 5.56 Å². The zero-order chi connectivity index (χ0) is 20.7. The van der Waals surface area contributed by atoms with Gasteiger partial charge in [0.2, 0.25) is 10.0 Å². The highest BCUT2D eigenvalue weighted by Crippen LogP contribution is 2.18. The zero-order valence-corrected chi connectivity index (χ0v) is 17.0. The zero-order valence-electron chi connectivity index (χ0n) is 16.2. The SMILES string of the molecule is Cc1ccc(S(=O)(=O)N2CCN(CC(=O)NN=CC=Cc3ccco3)CC2)cc1. The highest BCUT2D eigenvalue weighted by molar-refractivity contribution is 7.89. The van der Waals surface area contributed by atoms with Crippen molar-refractivity contribution >= 4 is 28.2 Å². The molecule has 1 aromatic carbocycles. The Balaban J connectivity index is 1.43. The summed E-state index contributed by atoms with van der Waals surface area (Å²) < 4.78 is 32.0. The van der Waals surface area contributed by atoms with Crippen LogP contribution in [0.1, 0.15) is 11.3 Å². The number of aryl methyl sites for hydroxylation is 1. The van der Waals surface area contributed by atoms with Crippen molar-refractivity contribution in [3.63, 3.8) is 0 Å². The van der Waals surface area contributed by atoms with E-state index in [0.29, 0.717) is 36.8 Å². The van der Waals surface area contributed by atoms with Gasteiger partial charge in [0.1, 0.15) is 5.76 Å². The van der Waals surface area contributed by atoms with Crippen molar-refractivity contribution in [3.8, 4) is 0 Å². The van der Waals surface area contributed by atoms with Gasteiger partial charge in [0, 0.05) is 32.4 Å². The molecule has 0 spiro atoms. The molecule has 154 valence electrons. The number of hydrogen-bond acceptors (Lipinski definition) is 6. The summed E-state index contributed by atoms with van der Waals surface area (Å²) in [5, 5.41) is 3.85. The van der Waals surface area contributed by atoms with E-state index in [-0.39, 0.29) is 12.5 Å². The first kappa shape index (κ1) is 21.0. The molecule has 9 heteroatoms. The first-order chi connectivity index (χ1) is 13.9. The molecule has 0 aliphatic carbocycles. The van der Waals surface area contributed by atoms with Crippen molar-refractivity contribution < 1.29 is 17.6 Å². The van der Waals surface area contributed by atoms with Crippen LogP contribution in [0.2, 0.25) is 0 Å². The quantitative estimate of drug-likeness (QED) is 0.548. The number of nitrogens with zero attached hydrogens (tertiary/aromatic N) is 3. The predicted octanol–water partition coefficient (Wildman–Crippen LogP) is 1.71. The highest BCUT2D eigenvalue weighted by Gasteiger charge is 2.28. The molecule has 1 aliphatic heterocycles. The molecule has 1 aliphatic rings. The van der Waals surface area contributed by atoms with E-state index in [4.69, 9.17) is 4.42 Å². The summed E-state index contributed by atoms with van der Waals surface area (Å²) in [6.45, 7) is 3.75. The standard InChI is InChI=1S/C20H24N4O4S/c1-17-6-8-19(9-7-17)29(26,27)24-13-11-23(12-14-24)16-20(25)22-21-10-2-4-18-5-3-15-28-18/h2-10,15H,11-14,16H2,1H3,(H,22,25). The summed E-state index contributed by atoms with van der Waals surface area (Å²) in [6.07, 6.45) is 6.42. The second kappa shape index (κ2) is 9.64. The van der Waals surface area contributed by atoms with E-state index in [2.05, 4.69) is 10.5 Å². The summed E-state index contributed by atoms with van der Waals surface area (Å²) >= 11 is 0. The lowest BCUT2D eigenvalue weighted by Gasteiger charge is -2.33. The molecule has 1 fully saturated rings. The van der Waals surface area contributed by atoms with Gasteiger partial charge in [0.25, 0.3) is 5.91 Å². The maximum absolute atomic E-state index is 12.7. The van der Waals surface area contributed by atoms with Crippen LogP contribution in [-0.2, 0) is 14.8 Å². The van der Waals surface area contributed by atoms with Gasteiger partial charge < -0.3 is 4.42 Å². The molecule has 0 atom stereocenters. The number of furan rings is 1. The average molecular weight is 417 g/mol. The number of benzene rings is 1. The van der Waals surface area contributed by atoms with Gasteiger partial charge >= 0.3 is 0 Å². The van der Waals surface area contributed by atoms with Crippen molar-refractivity contribution in [1.82, 2.24) is 14.6 Å². The van der Waals surface area contributed by atoms with E-state index in [1.54, 1.807) is 48.7 Å². The number of allylic oxidation sites excluding steroid dienone is 1. The molecular formula is C20H24N4O4S. The first-order valence-electron chi connectivity index (χ1n) is 9.26. The number of amides is 1. The molecule has 1 saturated heterocycles. The fraction of sp³-hybridized carbons (Fsp3) is 0.300. The summed E-state index contributed by atoms with van der Waals surface area (Å²) in [7, 11) is -3.50. The van der Waals surface area contributed by atoms with Gasteiger partial charge in [0.15, 0.2) is 0 Å². The topological polar surface area (TPSA) is 95.2 Å². The second-order valence-electron chi connectivity index (χ2n) is 6.68. The van der Waals surface area contributed by atoms with Crippen molar-refractivity contribution in [1.29, 1.82) is 0 Å². The van der Waals surface area contributed by atoms with Crippen molar-refractivity contribution in [2.45, 2.75) is 11.8 Å². The van der Waals surface area contributed by atoms with Crippen molar-refractivity contribution in [2.24, 2.45) is 5.10 Å². The maximum atomic E-state index is 12.7. The fourth-order valence-electron chi connectivity index (χ4n) is 2.90. The monoisotopic (exact) mass is 416 g/mol. The Morgan fingerprint density at radius 1 is 1.17 bits per heavy atom. The van der Waals surface area contributed by atoms with E-state index < -0.39 is 10.0 Å². The second-order valence-corrected chi connectivity index (χ2v) is 8.62. The molecule has 0 saturated carbocycles. The van der Waals surface area contributed by atoms with E-state index in [9.17, 15) is 13.2 Å². The summed E-state index contributed by atoms with van der Waals surface area (Å²) in [6, 6.07) is 10.4. The minimum absolute atomic E-state index is 0.164. The van der Waals surface area contributed by atoms with Gasteiger partial charge in [-0.1, -0.05) is 17.7 Å². The van der Waals surface area contributed by atoms with Gasteiger partial charge in [-0.05, 0) is 43.3 Å². The Hall–Kier alpha value is -2.75. The van der Waals surface area contributed by atoms with Crippen LogP contribution in [0.15, 0.2) is 63.2 Å². The highest BCUT2D eigenvalue weighted by atomic mass is 32.2. The van der Waals surface area contributed by atoms with Gasteiger partial charge in [-0.25, -0.2) is 13.8 Å². The van der Waals surface area contributed by atoms with Crippen LogP contribution in [0, 0.1) is 6.92 Å². The third-order valence-electron chi connectivity index (χ3n) is 4.51. The van der Waals surface area contributed by atoms with Gasteiger partial charge in [-0.15, -0.1) is 0 Å². The molecule has 3 rings (SSSR count). The number of carbonyl (C=O) groups excluding carboxylic acids is 1. The molecular weight excluding hydrogens is 392 g/mol. The lowest BCUT2D eigenvalue weighted by molar-refractivity contribution is -0.122. The number of hydrogen-bond donors (Lipinski definition) is 1. The van der Waals surface area contributed by atoms with Crippen LogP contribution >= 0.6 is 0 Å². The fourth-order valence-corrected chi connectivity index (χ4v) is 4.32. The van der Waals surface area contributed by atoms with Gasteiger partial charge in [0.05, 0.1) is 17.7 Å². The molecule has 1 N–H and O–H groups in total. The summed E-state index contributed by atoms with van der Waals surface area (Å²) in [5.74, 6) is 0.448. The molecule has 0 radical (unpaired) electrons. The predicted molar refractivity (Wildman–Crippen MR) is 111 cm³/mol.